The van der Waals surface area contributed by atoms with Gasteiger partial charge in [0.1, 0.15) is 5.69 Å². The number of carbonyl (C=O) groups excluding carboxylic acids is 1. The number of halogens is 4. The van der Waals surface area contributed by atoms with Crippen LogP contribution in [0.3, 0.4) is 0 Å². The maximum atomic E-state index is 13.6. The van der Waals surface area contributed by atoms with E-state index in [0.29, 0.717) is 23.4 Å². The molecule has 222 valence electrons. The Balaban J connectivity index is 1.60. The molecular formula is C27H31ClF3N5O4S. The minimum absolute atomic E-state index is 0.128. The molecule has 5 N–H and O–H groups in total. The van der Waals surface area contributed by atoms with Crippen molar-refractivity contribution in [2.24, 2.45) is 0 Å². The summed E-state index contributed by atoms with van der Waals surface area (Å²) in [7, 11) is -3.55. The van der Waals surface area contributed by atoms with Gasteiger partial charge in [-0.05, 0) is 69.2 Å². The van der Waals surface area contributed by atoms with Gasteiger partial charge in [0.2, 0.25) is 10.0 Å². The third-order valence-electron chi connectivity index (χ3n) is 6.54. The molecule has 1 saturated heterocycles. The number of nitrogens with one attached hydrogen (secondary N) is 4. The van der Waals surface area contributed by atoms with Crippen LogP contribution in [0.1, 0.15) is 42.7 Å². The van der Waals surface area contributed by atoms with E-state index in [1.54, 1.807) is 13.8 Å². The number of amides is 1. The Kier molecular flexibility index (Phi) is 8.74. The van der Waals surface area contributed by atoms with Crippen molar-refractivity contribution in [2.75, 3.05) is 22.8 Å². The number of carbonyl (C=O) groups is 1. The second-order valence-corrected chi connectivity index (χ2v) is 13.0. The summed E-state index contributed by atoms with van der Waals surface area (Å²) < 4.78 is 66.4. The van der Waals surface area contributed by atoms with Crippen LogP contribution in [0.25, 0.3) is 10.9 Å². The highest BCUT2D eigenvalue weighted by Gasteiger charge is 2.36. The number of nitrogens with zero attached hydrogens (tertiary/aromatic N) is 1. The van der Waals surface area contributed by atoms with E-state index >= 15 is 0 Å². The van der Waals surface area contributed by atoms with Gasteiger partial charge >= 0.3 is 6.18 Å². The van der Waals surface area contributed by atoms with E-state index in [4.69, 9.17) is 11.6 Å². The molecule has 1 aromatic heterocycles. The molecule has 4 rings (SSSR count). The maximum Gasteiger partial charge on any atom is 0.433 e. The molecule has 0 aliphatic carbocycles. The third kappa shape index (κ3) is 8.44. The number of aliphatic hydroxyl groups is 1. The topological polar surface area (TPSA) is 132 Å². The standard InChI is InChI=1S/C27H31ClF3N5O4S/c1-26(2,38)13-23-22(35-25(37)15-5-4-6-17(9-15)36-41(3,39)40)11-18(14-32-23)33-21-12-24(27(29,30)31)34-20-8-7-16(28)10-19(20)21/h4-10,12,18,22-23,32,36,38H,11,13-14H2,1-3H3,(H,33,34)(H,35,37)/t18-,22+,23?/m1/s1. The van der Waals surface area contributed by atoms with Gasteiger partial charge in [-0.1, -0.05) is 17.7 Å². The molecule has 2 heterocycles. The van der Waals surface area contributed by atoms with Crippen LogP contribution in [0.5, 0.6) is 0 Å². The van der Waals surface area contributed by atoms with Gasteiger partial charge in [-0.25, -0.2) is 13.4 Å². The normalized spacial score (nSPS) is 20.0. The Morgan fingerprint density at radius 1 is 1.17 bits per heavy atom. The van der Waals surface area contributed by atoms with Gasteiger partial charge in [0.25, 0.3) is 5.91 Å². The lowest BCUT2D eigenvalue weighted by Gasteiger charge is -2.40. The number of alkyl halides is 3. The largest absolute Gasteiger partial charge is 0.433 e. The summed E-state index contributed by atoms with van der Waals surface area (Å²) in [5.41, 5.74) is -1.37. The van der Waals surface area contributed by atoms with Gasteiger partial charge in [-0.2, -0.15) is 13.2 Å². The zero-order valence-electron chi connectivity index (χ0n) is 22.5. The van der Waals surface area contributed by atoms with Crippen molar-refractivity contribution >= 4 is 49.8 Å². The number of rotatable bonds is 8. The third-order valence-corrected chi connectivity index (χ3v) is 7.38. The second-order valence-electron chi connectivity index (χ2n) is 10.9. The number of aromatic nitrogens is 1. The first kappa shape index (κ1) is 30.8. The highest BCUT2D eigenvalue weighted by atomic mass is 35.5. The second kappa shape index (κ2) is 11.6. The fraction of sp³-hybridized carbons (Fsp3) is 0.407. The van der Waals surface area contributed by atoms with E-state index in [2.05, 4.69) is 25.7 Å². The van der Waals surface area contributed by atoms with Crippen molar-refractivity contribution in [3.05, 3.63) is 64.8 Å². The smallest absolute Gasteiger partial charge is 0.390 e. The van der Waals surface area contributed by atoms with Crippen LogP contribution in [0, 0.1) is 0 Å². The fourth-order valence-electron chi connectivity index (χ4n) is 4.88. The number of anilines is 2. The van der Waals surface area contributed by atoms with Gasteiger partial charge in [-0.3, -0.25) is 9.52 Å². The first-order valence-corrected chi connectivity index (χ1v) is 15.0. The number of fused-ring (bicyclic) bond motifs is 1. The van der Waals surface area contributed by atoms with Crippen LogP contribution < -0.4 is 20.7 Å². The van der Waals surface area contributed by atoms with Gasteiger partial charge in [0.05, 0.1) is 17.4 Å². The zero-order valence-corrected chi connectivity index (χ0v) is 24.1. The lowest BCUT2D eigenvalue weighted by molar-refractivity contribution is -0.140. The summed E-state index contributed by atoms with van der Waals surface area (Å²) in [6, 6.07) is 10.0. The predicted molar refractivity (Wildman–Crippen MR) is 153 cm³/mol. The lowest BCUT2D eigenvalue weighted by Crippen LogP contribution is -2.60. The van der Waals surface area contributed by atoms with Crippen LogP contribution in [-0.2, 0) is 16.2 Å². The molecule has 2 aromatic carbocycles. The van der Waals surface area contributed by atoms with E-state index < -0.39 is 45.5 Å². The van der Waals surface area contributed by atoms with Gasteiger partial charge < -0.3 is 21.1 Å². The Hall–Kier alpha value is -3.13. The molecule has 0 radical (unpaired) electrons. The number of piperidine rings is 1. The molecule has 41 heavy (non-hydrogen) atoms. The van der Waals surface area contributed by atoms with Crippen LogP contribution >= 0.6 is 11.6 Å². The predicted octanol–water partition coefficient (Wildman–Crippen LogP) is 4.38. The minimum atomic E-state index is -4.66. The molecular weight excluding hydrogens is 583 g/mol. The molecule has 14 heteroatoms. The number of sulfonamides is 1. The molecule has 0 spiro atoms. The summed E-state index contributed by atoms with van der Waals surface area (Å²) in [4.78, 5) is 17.0. The Labute approximate surface area is 240 Å². The Morgan fingerprint density at radius 3 is 2.56 bits per heavy atom. The number of pyridine rings is 1. The molecule has 9 nitrogen and oxygen atoms in total. The Bertz CT molecular complexity index is 1550. The SMILES string of the molecule is CC(C)(O)CC1NC[C@H](Nc2cc(C(F)(F)F)nc3ccc(Cl)cc23)C[C@@H]1NC(=O)c1cccc(NS(C)(=O)=O)c1. The van der Waals surface area contributed by atoms with Crippen LogP contribution in [0.15, 0.2) is 48.5 Å². The molecule has 3 aromatic rings. The summed E-state index contributed by atoms with van der Waals surface area (Å²) in [5, 5.41) is 20.7. The zero-order chi connectivity index (χ0) is 30.2. The van der Waals surface area contributed by atoms with Crippen LogP contribution in [-0.4, -0.2) is 60.9 Å². The number of benzene rings is 2. The molecule has 1 unspecified atom stereocenters. The fourth-order valence-corrected chi connectivity index (χ4v) is 5.61. The average molecular weight is 614 g/mol. The van der Waals surface area contributed by atoms with E-state index in [1.807, 2.05) is 0 Å². The molecule has 1 aliphatic rings. The van der Waals surface area contributed by atoms with Crippen LogP contribution in [0.2, 0.25) is 5.02 Å². The first-order valence-electron chi connectivity index (χ1n) is 12.8. The molecule has 3 atom stereocenters. The Morgan fingerprint density at radius 2 is 1.90 bits per heavy atom. The van der Waals surface area contributed by atoms with Crippen molar-refractivity contribution in [1.82, 2.24) is 15.6 Å². The van der Waals surface area contributed by atoms with Crippen LogP contribution in [0.4, 0.5) is 24.5 Å². The minimum Gasteiger partial charge on any atom is -0.390 e. The molecule has 1 fully saturated rings. The van der Waals surface area contributed by atoms with Crippen molar-refractivity contribution in [1.29, 1.82) is 0 Å². The van der Waals surface area contributed by atoms with E-state index in [0.717, 1.165) is 12.3 Å². The molecule has 1 aliphatic heterocycles. The highest BCUT2D eigenvalue weighted by Crippen LogP contribution is 2.35. The summed E-state index contributed by atoms with van der Waals surface area (Å²) >= 11 is 6.13. The van der Waals surface area contributed by atoms with Gasteiger partial charge in [-0.15, -0.1) is 0 Å². The van der Waals surface area contributed by atoms with E-state index in [1.165, 1.54) is 42.5 Å². The molecule has 0 bridgehead atoms. The molecule has 0 saturated carbocycles. The van der Waals surface area contributed by atoms with Crippen molar-refractivity contribution in [3.63, 3.8) is 0 Å². The number of hydrogen-bond acceptors (Lipinski definition) is 7. The lowest BCUT2D eigenvalue weighted by atomic mass is 9.87. The van der Waals surface area contributed by atoms with Gasteiger partial charge in [0, 0.05) is 52.0 Å². The summed E-state index contributed by atoms with van der Waals surface area (Å²) in [6.07, 6.45) is -3.07. The van der Waals surface area contributed by atoms with Crippen molar-refractivity contribution < 1.29 is 31.5 Å². The van der Waals surface area contributed by atoms with Crippen molar-refractivity contribution in [3.8, 4) is 0 Å². The monoisotopic (exact) mass is 613 g/mol. The van der Waals surface area contributed by atoms with E-state index in [9.17, 15) is 31.5 Å². The van der Waals surface area contributed by atoms with Gasteiger partial charge in [0.15, 0.2) is 0 Å². The average Bonchev–Trinajstić information content (AvgIpc) is 2.83. The van der Waals surface area contributed by atoms with Crippen molar-refractivity contribution in [2.45, 2.75) is 56.6 Å². The number of hydrogen-bond donors (Lipinski definition) is 5. The summed E-state index contributed by atoms with van der Waals surface area (Å²) in [6.45, 7) is 3.63. The van der Waals surface area contributed by atoms with E-state index in [-0.39, 0.29) is 34.9 Å². The summed E-state index contributed by atoms with van der Waals surface area (Å²) in [5.74, 6) is -0.476. The quantitative estimate of drug-likeness (QED) is 0.255. The first-order chi connectivity index (χ1) is 19.0. The highest BCUT2D eigenvalue weighted by molar-refractivity contribution is 7.92. The molecule has 1 amide bonds. The maximum absolute atomic E-state index is 13.6.